The quantitative estimate of drug-likeness (QED) is 0.592. The number of carbonyl (C=O) groups excluding carboxylic acids is 2. The molecule has 3 aromatic rings. The number of amides is 3. The third-order valence-electron chi connectivity index (χ3n) is 4.51. The Hall–Kier alpha value is -3.19. The van der Waals surface area contributed by atoms with Crippen LogP contribution < -0.4 is 9.64 Å². The van der Waals surface area contributed by atoms with Crippen molar-refractivity contribution in [2.24, 2.45) is 0 Å². The van der Waals surface area contributed by atoms with Gasteiger partial charge in [-0.15, -0.1) is 11.3 Å². The molecule has 0 radical (unpaired) electrons. The Kier molecular flexibility index (Phi) is 5.08. The lowest BCUT2D eigenvalue weighted by atomic mass is 10.2. The molecule has 2 heterocycles. The van der Waals surface area contributed by atoms with Gasteiger partial charge in [0, 0.05) is 11.1 Å². The van der Waals surface area contributed by atoms with Gasteiger partial charge in [0.2, 0.25) is 0 Å². The summed E-state index contributed by atoms with van der Waals surface area (Å²) in [5, 5.41) is 2.66. The van der Waals surface area contributed by atoms with Crippen LogP contribution in [-0.2, 0) is 17.9 Å². The summed E-state index contributed by atoms with van der Waals surface area (Å²) >= 11 is 1.45. The maximum absolute atomic E-state index is 12.8. The highest BCUT2D eigenvalue weighted by atomic mass is 32.1. The molecule has 1 unspecified atom stereocenters. The number of rotatable bonds is 6. The number of aromatic nitrogens is 1. The zero-order chi connectivity index (χ0) is 19.5. The van der Waals surface area contributed by atoms with E-state index >= 15 is 0 Å². The first-order valence-corrected chi connectivity index (χ1v) is 9.82. The number of anilines is 1. The van der Waals surface area contributed by atoms with E-state index in [0.717, 1.165) is 10.8 Å². The van der Waals surface area contributed by atoms with Crippen LogP contribution in [0.25, 0.3) is 0 Å². The molecule has 1 fully saturated rings. The number of ether oxygens (including phenoxy) is 1. The first kappa shape index (κ1) is 18.2. The third-order valence-corrected chi connectivity index (χ3v) is 5.38. The Morgan fingerprint density at radius 2 is 1.71 bits per heavy atom. The summed E-state index contributed by atoms with van der Waals surface area (Å²) in [6, 6.07) is 17.9. The minimum atomic E-state index is -0.533. The molecule has 3 amide bonds. The Labute approximate surface area is 167 Å². The van der Waals surface area contributed by atoms with Gasteiger partial charge >= 0.3 is 6.03 Å². The van der Waals surface area contributed by atoms with Gasteiger partial charge in [-0.05, 0) is 31.2 Å². The molecule has 142 valence electrons. The number of para-hydroxylation sites is 2. The second-order valence-corrected chi connectivity index (χ2v) is 7.37. The van der Waals surface area contributed by atoms with Crippen LogP contribution in [0.15, 0.2) is 66.0 Å². The standard InChI is InChI=1S/C21H19N3O3S/c1-15-20(25)23(21(26)24(15)17-8-4-2-5-9-17)12-16-14-28-19(22-16)13-27-18-10-6-3-7-11-18/h2-11,14-15H,12-13H2,1H3. The van der Waals surface area contributed by atoms with E-state index in [-0.39, 0.29) is 18.5 Å². The number of hydrogen-bond donors (Lipinski definition) is 0. The maximum atomic E-state index is 12.8. The fraction of sp³-hybridized carbons (Fsp3) is 0.190. The molecule has 0 aliphatic carbocycles. The van der Waals surface area contributed by atoms with E-state index in [1.165, 1.54) is 21.1 Å². The Morgan fingerprint density at radius 1 is 1.04 bits per heavy atom. The van der Waals surface area contributed by atoms with Crippen molar-refractivity contribution in [3.8, 4) is 5.75 Å². The second kappa shape index (κ2) is 7.82. The summed E-state index contributed by atoms with van der Waals surface area (Å²) in [5.41, 5.74) is 1.39. The van der Waals surface area contributed by atoms with Crippen molar-refractivity contribution in [3.63, 3.8) is 0 Å². The van der Waals surface area contributed by atoms with Gasteiger partial charge in [-0.1, -0.05) is 36.4 Å². The highest BCUT2D eigenvalue weighted by Gasteiger charge is 2.43. The van der Waals surface area contributed by atoms with Crippen molar-refractivity contribution in [3.05, 3.63) is 76.7 Å². The second-order valence-electron chi connectivity index (χ2n) is 6.42. The normalized spacial score (nSPS) is 16.7. The van der Waals surface area contributed by atoms with Gasteiger partial charge in [-0.3, -0.25) is 14.6 Å². The van der Waals surface area contributed by atoms with E-state index in [9.17, 15) is 9.59 Å². The largest absolute Gasteiger partial charge is 0.486 e. The van der Waals surface area contributed by atoms with Crippen LogP contribution >= 0.6 is 11.3 Å². The van der Waals surface area contributed by atoms with Crippen molar-refractivity contribution in [1.29, 1.82) is 0 Å². The van der Waals surface area contributed by atoms with Crippen LogP contribution in [0.5, 0.6) is 5.75 Å². The number of imide groups is 1. The van der Waals surface area contributed by atoms with Crippen molar-refractivity contribution in [2.75, 3.05) is 4.90 Å². The Morgan fingerprint density at radius 3 is 2.43 bits per heavy atom. The van der Waals surface area contributed by atoms with Gasteiger partial charge < -0.3 is 4.74 Å². The third kappa shape index (κ3) is 3.61. The number of nitrogens with zero attached hydrogens (tertiary/aromatic N) is 3. The lowest BCUT2D eigenvalue weighted by Crippen LogP contribution is -2.33. The van der Waals surface area contributed by atoms with Crippen LogP contribution in [0.2, 0.25) is 0 Å². The Balaban J connectivity index is 1.43. The average molecular weight is 393 g/mol. The fourth-order valence-corrected chi connectivity index (χ4v) is 3.80. The first-order valence-electron chi connectivity index (χ1n) is 8.94. The summed E-state index contributed by atoms with van der Waals surface area (Å²) in [6.45, 7) is 2.25. The summed E-state index contributed by atoms with van der Waals surface area (Å²) in [5.74, 6) is 0.556. The summed E-state index contributed by atoms with van der Waals surface area (Å²) in [7, 11) is 0. The predicted molar refractivity (Wildman–Crippen MR) is 107 cm³/mol. The van der Waals surface area contributed by atoms with Crippen LogP contribution in [0.1, 0.15) is 17.6 Å². The van der Waals surface area contributed by atoms with Gasteiger partial charge in [0.15, 0.2) is 0 Å². The van der Waals surface area contributed by atoms with Gasteiger partial charge in [-0.2, -0.15) is 0 Å². The average Bonchev–Trinajstić information content (AvgIpc) is 3.26. The molecule has 1 aromatic heterocycles. The first-order chi connectivity index (χ1) is 13.6. The molecule has 0 N–H and O–H groups in total. The van der Waals surface area contributed by atoms with Gasteiger partial charge in [-0.25, -0.2) is 9.78 Å². The lowest BCUT2D eigenvalue weighted by molar-refractivity contribution is -0.127. The number of urea groups is 1. The van der Waals surface area contributed by atoms with Crippen LogP contribution in [0.4, 0.5) is 10.5 Å². The minimum absolute atomic E-state index is 0.160. The van der Waals surface area contributed by atoms with Gasteiger partial charge in [0.05, 0.1) is 12.2 Å². The zero-order valence-electron chi connectivity index (χ0n) is 15.3. The molecule has 1 atom stereocenters. The topological polar surface area (TPSA) is 62.7 Å². The highest BCUT2D eigenvalue weighted by Crippen LogP contribution is 2.27. The van der Waals surface area contributed by atoms with Crippen LogP contribution in [-0.4, -0.2) is 27.9 Å². The molecule has 2 aromatic carbocycles. The molecule has 0 bridgehead atoms. The summed E-state index contributed by atoms with van der Waals surface area (Å²) < 4.78 is 5.70. The molecule has 6 nitrogen and oxygen atoms in total. The molecule has 1 aliphatic heterocycles. The van der Waals surface area contributed by atoms with Gasteiger partial charge in [0.1, 0.15) is 23.4 Å². The Bertz CT molecular complexity index is 975. The molecule has 7 heteroatoms. The highest BCUT2D eigenvalue weighted by molar-refractivity contribution is 7.09. The molecular formula is C21H19N3O3S. The summed E-state index contributed by atoms with van der Waals surface area (Å²) in [6.07, 6.45) is 0. The maximum Gasteiger partial charge on any atom is 0.332 e. The van der Waals surface area contributed by atoms with Crippen molar-refractivity contribution in [2.45, 2.75) is 26.1 Å². The fourth-order valence-electron chi connectivity index (χ4n) is 3.11. The van der Waals surface area contributed by atoms with E-state index in [1.54, 1.807) is 6.92 Å². The van der Waals surface area contributed by atoms with E-state index in [0.29, 0.717) is 18.0 Å². The molecular weight excluding hydrogens is 374 g/mol. The number of thiazole rings is 1. The van der Waals surface area contributed by atoms with E-state index in [4.69, 9.17) is 4.74 Å². The molecule has 0 spiro atoms. The number of hydrogen-bond acceptors (Lipinski definition) is 5. The van der Waals surface area contributed by atoms with Gasteiger partial charge in [0.25, 0.3) is 5.91 Å². The van der Waals surface area contributed by atoms with E-state index < -0.39 is 6.04 Å². The molecule has 28 heavy (non-hydrogen) atoms. The van der Waals surface area contributed by atoms with E-state index in [2.05, 4.69) is 4.98 Å². The van der Waals surface area contributed by atoms with Crippen LogP contribution in [0, 0.1) is 0 Å². The molecule has 0 saturated carbocycles. The monoisotopic (exact) mass is 393 g/mol. The molecule has 1 saturated heterocycles. The summed E-state index contributed by atoms with van der Waals surface area (Å²) in [4.78, 5) is 32.8. The van der Waals surface area contributed by atoms with E-state index in [1.807, 2.05) is 66.0 Å². The SMILES string of the molecule is CC1C(=O)N(Cc2csc(COc3ccccc3)n2)C(=O)N1c1ccccc1. The van der Waals surface area contributed by atoms with Crippen molar-refractivity contribution >= 4 is 29.0 Å². The smallest absolute Gasteiger partial charge is 0.332 e. The lowest BCUT2D eigenvalue weighted by Gasteiger charge is -2.19. The number of benzene rings is 2. The zero-order valence-corrected chi connectivity index (χ0v) is 16.1. The van der Waals surface area contributed by atoms with Crippen molar-refractivity contribution < 1.29 is 14.3 Å². The predicted octanol–water partition coefficient (Wildman–Crippen LogP) is 4.08. The molecule has 1 aliphatic rings. The molecule has 4 rings (SSSR count). The number of carbonyl (C=O) groups is 2. The van der Waals surface area contributed by atoms with Crippen molar-refractivity contribution in [1.82, 2.24) is 9.88 Å². The minimum Gasteiger partial charge on any atom is -0.486 e. The van der Waals surface area contributed by atoms with Crippen LogP contribution in [0.3, 0.4) is 0 Å².